The molecule has 3 aromatic carbocycles. The fourth-order valence-electron chi connectivity index (χ4n) is 4.34. The van der Waals surface area contributed by atoms with E-state index in [1.165, 1.54) is 12.1 Å². The zero-order valence-corrected chi connectivity index (χ0v) is 22.5. The van der Waals surface area contributed by atoms with Crippen LogP contribution in [0.5, 0.6) is 0 Å². The first-order valence-corrected chi connectivity index (χ1v) is 13.4. The van der Waals surface area contributed by atoms with Crippen LogP contribution in [0.2, 0.25) is 0 Å². The van der Waals surface area contributed by atoms with Crippen molar-refractivity contribution in [1.82, 2.24) is 14.8 Å². The van der Waals surface area contributed by atoms with E-state index < -0.39 is 0 Å². The second kappa shape index (κ2) is 12.7. The normalized spacial score (nSPS) is 11.0. The first-order chi connectivity index (χ1) is 17.9. The van der Waals surface area contributed by atoms with Crippen molar-refractivity contribution in [3.8, 4) is 0 Å². The minimum Gasteiger partial charge on any atom is -0.361 e. The van der Waals surface area contributed by atoms with E-state index in [1.54, 1.807) is 34.1 Å². The van der Waals surface area contributed by atoms with Crippen LogP contribution < -0.4 is 0 Å². The summed E-state index contributed by atoms with van der Waals surface area (Å²) in [5.41, 5.74) is 3.57. The van der Waals surface area contributed by atoms with Gasteiger partial charge in [0, 0.05) is 46.8 Å². The molecule has 0 radical (unpaired) electrons. The molecule has 0 saturated heterocycles. The Balaban J connectivity index is 1.53. The maximum atomic E-state index is 13.6. The lowest BCUT2D eigenvalue weighted by Crippen LogP contribution is -2.43. The minimum atomic E-state index is -0.314. The van der Waals surface area contributed by atoms with Crippen molar-refractivity contribution >= 4 is 38.6 Å². The van der Waals surface area contributed by atoms with Gasteiger partial charge in [0.25, 0.3) is 5.91 Å². The van der Waals surface area contributed by atoms with E-state index in [2.05, 4.69) is 33.9 Å². The molecule has 0 fully saturated rings. The topological polar surface area (TPSA) is 56.4 Å². The molecule has 1 N–H and O–H groups in total. The maximum Gasteiger partial charge on any atom is 0.254 e. The Bertz CT molecular complexity index is 1340. The molecule has 0 unspecified atom stereocenters. The van der Waals surface area contributed by atoms with Gasteiger partial charge in [-0.3, -0.25) is 9.59 Å². The lowest BCUT2D eigenvalue weighted by atomic mass is 10.1. The number of amides is 2. The highest BCUT2D eigenvalue weighted by molar-refractivity contribution is 9.10. The molecule has 0 aliphatic carbocycles. The van der Waals surface area contributed by atoms with Gasteiger partial charge in [0.1, 0.15) is 12.4 Å². The van der Waals surface area contributed by atoms with Crippen molar-refractivity contribution < 1.29 is 14.0 Å². The van der Waals surface area contributed by atoms with Gasteiger partial charge in [-0.1, -0.05) is 59.6 Å². The van der Waals surface area contributed by atoms with Crippen LogP contribution in [-0.2, 0) is 17.8 Å². The van der Waals surface area contributed by atoms with Crippen LogP contribution in [0.3, 0.4) is 0 Å². The van der Waals surface area contributed by atoms with Gasteiger partial charge in [-0.25, -0.2) is 4.39 Å². The van der Waals surface area contributed by atoms with Gasteiger partial charge in [0.2, 0.25) is 5.91 Å². The van der Waals surface area contributed by atoms with Crippen molar-refractivity contribution in [1.29, 1.82) is 0 Å². The number of para-hydroxylation sites is 1. The number of hydrogen-bond acceptors (Lipinski definition) is 2. The monoisotopic (exact) mass is 563 g/mol. The van der Waals surface area contributed by atoms with Crippen LogP contribution in [0.25, 0.3) is 10.9 Å². The summed E-state index contributed by atoms with van der Waals surface area (Å²) in [6.45, 7) is 3.38. The van der Waals surface area contributed by atoms with Gasteiger partial charge in [0.05, 0.1) is 0 Å². The first kappa shape index (κ1) is 26.6. The predicted octanol–water partition coefficient (Wildman–Crippen LogP) is 6.58. The molecule has 1 aromatic heterocycles. The summed E-state index contributed by atoms with van der Waals surface area (Å²) in [5.74, 6) is -0.607. The second-order valence-corrected chi connectivity index (χ2v) is 10.1. The number of unbranched alkanes of at least 4 members (excludes halogenated alkanes) is 1. The lowest BCUT2D eigenvalue weighted by molar-refractivity contribution is -0.132. The highest BCUT2D eigenvalue weighted by atomic mass is 79.9. The van der Waals surface area contributed by atoms with Crippen molar-refractivity contribution in [2.75, 3.05) is 19.6 Å². The molecule has 0 spiro atoms. The number of carbonyl (C=O) groups is 2. The molecule has 0 atom stereocenters. The number of fused-ring (bicyclic) bond motifs is 1. The van der Waals surface area contributed by atoms with Gasteiger partial charge in [-0.05, 0) is 66.4 Å². The Hall–Kier alpha value is -3.45. The number of H-pyrrole nitrogens is 1. The number of nitrogens with one attached hydrogen (secondary N) is 1. The van der Waals surface area contributed by atoms with Gasteiger partial charge in [-0.15, -0.1) is 0 Å². The van der Waals surface area contributed by atoms with Gasteiger partial charge in [-0.2, -0.15) is 0 Å². The number of carbonyl (C=O) groups excluding carboxylic acids is 2. The Kier molecular flexibility index (Phi) is 9.12. The number of halogens is 2. The van der Waals surface area contributed by atoms with E-state index in [4.69, 9.17) is 0 Å². The maximum absolute atomic E-state index is 13.6. The first-order valence-electron chi connectivity index (χ1n) is 12.6. The van der Waals surface area contributed by atoms with Crippen LogP contribution in [-0.4, -0.2) is 46.2 Å². The highest BCUT2D eigenvalue weighted by Crippen LogP contribution is 2.19. The second-order valence-electron chi connectivity index (χ2n) is 9.14. The van der Waals surface area contributed by atoms with Crippen molar-refractivity contribution in [2.24, 2.45) is 0 Å². The lowest BCUT2D eigenvalue weighted by Gasteiger charge is -2.28. The predicted molar refractivity (Wildman–Crippen MR) is 149 cm³/mol. The van der Waals surface area contributed by atoms with E-state index in [0.29, 0.717) is 31.6 Å². The fraction of sp³-hybridized carbons (Fsp3) is 0.267. The van der Waals surface area contributed by atoms with Crippen LogP contribution in [0, 0.1) is 5.82 Å². The zero-order valence-electron chi connectivity index (χ0n) is 20.9. The quantitative estimate of drug-likeness (QED) is 0.224. The largest absolute Gasteiger partial charge is 0.361 e. The molecule has 0 bridgehead atoms. The molecule has 0 aliphatic rings. The number of aromatic nitrogens is 1. The molecule has 4 rings (SSSR count). The highest BCUT2D eigenvalue weighted by Gasteiger charge is 2.23. The Morgan fingerprint density at radius 2 is 1.65 bits per heavy atom. The summed E-state index contributed by atoms with van der Waals surface area (Å²) >= 11 is 3.41. The number of nitrogens with zero attached hydrogens (tertiary/aromatic N) is 2. The number of aromatic amines is 1. The van der Waals surface area contributed by atoms with E-state index >= 15 is 0 Å². The van der Waals surface area contributed by atoms with E-state index in [0.717, 1.165) is 39.3 Å². The smallest absolute Gasteiger partial charge is 0.254 e. The Labute approximate surface area is 225 Å². The number of benzene rings is 3. The standard InChI is InChI=1S/C30H31BrFN3O2/c1-2-3-17-35(30(37)23-10-12-25(31)13-11-23)21-29(36)34(20-22-8-14-26(32)15-9-22)18-16-24-19-33-28-7-5-4-6-27(24)28/h4-15,19,33H,2-3,16-18,20-21H2,1H3. The third-order valence-corrected chi connectivity index (χ3v) is 6.98. The molecule has 5 nitrogen and oxygen atoms in total. The van der Waals surface area contributed by atoms with Gasteiger partial charge in [0.15, 0.2) is 0 Å². The third kappa shape index (κ3) is 7.07. The summed E-state index contributed by atoms with van der Waals surface area (Å²) in [6.07, 6.45) is 4.36. The molecular weight excluding hydrogens is 533 g/mol. The fourth-order valence-corrected chi connectivity index (χ4v) is 4.60. The molecule has 7 heteroatoms. The molecule has 0 saturated carbocycles. The molecule has 4 aromatic rings. The molecule has 192 valence electrons. The van der Waals surface area contributed by atoms with Crippen molar-refractivity contribution in [3.63, 3.8) is 0 Å². The summed E-state index contributed by atoms with van der Waals surface area (Å²) in [5, 5.41) is 1.13. The van der Waals surface area contributed by atoms with E-state index in [1.807, 2.05) is 36.5 Å². The summed E-state index contributed by atoms with van der Waals surface area (Å²) < 4.78 is 14.4. The van der Waals surface area contributed by atoms with E-state index in [-0.39, 0.29) is 24.2 Å². The molecule has 0 aliphatic heterocycles. The molecule has 1 heterocycles. The summed E-state index contributed by atoms with van der Waals surface area (Å²) in [4.78, 5) is 33.6. The van der Waals surface area contributed by atoms with Crippen molar-refractivity contribution in [2.45, 2.75) is 32.7 Å². The van der Waals surface area contributed by atoms with Gasteiger partial charge >= 0.3 is 0 Å². The average Bonchev–Trinajstić information content (AvgIpc) is 3.33. The SMILES string of the molecule is CCCCN(CC(=O)N(CCc1c[nH]c2ccccc12)Cc1ccc(F)cc1)C(=O)c1ccc(Br)cc1. The number of hydrogen-bond donors (Lipinski definition) is 1. The molecule has 37 heavy (non-hydrogen) atoms. The van der Waals surface area contributed by atoms with Crippen LogP contribution in [0.4, 0.5) is 4.39 Å². The Morgan fingerprint density at radius 3 is 2.38 bits per heavy atom. The molecular formula is C30H31BrFN3O2. The van der Waals surface area contributed by atoms with Crippen molar-refractivity contribution in [3.05, 3.63) is 106 Å². The Morgan fingerprint density at radius 1 is 0.919 bits per heavy atom. The number of rotatable bonds is 11. The van der Waals surface area contributed by atoms with E-state index in [9.17, 15) is 14.0 Å². The summed E-state index contributed by atoms with van der Waals surface area (Å²) in [7, 11) is 0. The van der Waals surface area contributed by atoms with Crippen LogP contribution >= 0.6 is 15.9 Å². The van der Waals surface area contributed by atoms with Crippen LogP contribution in [0.1, 0.15) is 41.3 Å². The molecule has 2 amide bonds. The average molecular weight is 564 g/mol. The van der Waals surface area contributed by atoms with Gasteiger partial charge < -0.3 is 14.8 Å². The summed E-state index contributed by atoms with van der Waals surface area (Å²) in [6, 6.07) is 21.5. The zero-order chi connectivity index (χ0) is 26.2. The minimum absolute atomic E-state index is 0.00994. The third-order valence-electron chi connectivity index (χ3n) is 6.45. The van der Waals surface area contributed by atoms with Crippen LogP contribution in [0.15, 0.2) is 83.5 Å².